The third-order valence-electron chi connectivity index (χ3n) is 4.26. The van der Waals surface area contributed by atoms with E-state index >= 15 is 0 Å². The number of hydrogen-bond acceptors (Lipinski definition) is 5. The number of nitrogens with one attached hydrogen (secondary N) is 2. The second-order valence-corrected chi connectivity index (χ2v) is 6.06. The molecular weight excluding hydrogens is 336 g/mol. The Morgan fingerprint density at radius 1 is 1.35 bits per heavy atom. The summed E-state index contributed by atoms with van der Waals surface area (Å²) in [6.07, 6.45) is 1.91. The van der Waals surface area contributed by atoms with Gasteiger partial charge in [-0.3, -0.25) is 9.59 Å². The Morgan fingerprint density at radius 3 is 2.88 bits per heavy atom. The third-order valence-corrected chi connectivity index (χ3v) is 4.26. The second-order valence-electron chi connectivity index (χ2n) is 6.06. The first kappa shape index (κ1) is 18.2. The topological polar surface area (TPSA) is 89.7 Å². The molecule has 0 unspecified atom stereocenters. The predicted octanol–water partition coefficient (Wildman–Crippen LogP) is 1.49. The summed E-state index contributed by atoms with van der Waals surface area (Å²) >= 11 is 0. The van der Waals surface area contributed by atoms with Gasteiger partial charge in [-0.15, -0.1) is 0 Å². The van der Waals surface area contributed by atoms with Crippen molar-refractivity contribution in [3.63, 3.8) is 0 Å². The van der Waals surface area contributed by atoms with Gasteiger partial charge in [0.05, 0.1) is 32.5 Å². The van der Waals surface area contributed by atoms with Gasteiger partial charge in [0, 0.05) is 18.9 Å². The average molecular weight is 358 g/mol. The maximum absolute atomic E-state index is 12.5. The molecule has 0 bridgehead atoms. The van der Waals surface area contributed by atoms with Crippen molar-refractivity contribution in [1.29, 1.82) is 0 Å². The number of amides is 1. The Balaban J connectivity index is 1.63. The zero-order chi connectivity index (χ0) is 18.4. The van der Waals surface area contributed by atoms with Crippen molar-refractivity contribution in [3.8, 4) is 5.75 Å². The largest absolute Gasteiger partial charge is 0.491 e. The van der Waals surface area contributed by atoms with Crippen molar-refractivity contribution in [2.75, 3.05) is 20.3 Å². The first-order valence-corrected chi connectivity index (χ1v) is 8.48. The zero-order valence-electron chi connectivity index (χ0n) is 14.6. The lowest BCUT2D eigenvalue weighted by atomic mass is 10.1. The molecule has 1 aliphatic rings. The Kier molecular flexibility index (Phi) is 6.04. The molecule has 2 aromatic rings. The molecule has 0 saturated carbocycles. The van der Waals surface area contributed by atoms with E-state index in [-0.39, 0.29) is 34.9 Å². The predicted molar refractivity (Wildman–Crippen MR) is 95.3 cm³/mol. The molecule has 1 saturated heterocycles. The van der Waals surface area contributed by atoms with Crippen molar-refractivity contribution in [2.24, 2.45) is 0 Å². The Bertz CT molecular complexity index is 790. The molecule has 1 aliphatic heterocycles. The van der Waals surface area contributed by atoms with Crippen molar-refractivity contribution in [1.82, 2.24) is 10.3 Å². The number of aromatic amines is 1. The number of pyridine rings is 1. The minimum Gasteiger partial charge on any atom is -0.491 e. The van der Waals surface area contributed by atoms with E-state index in [2.05, 4.69) is 10.3 Å². The quantitative estimate of drug-likeness (QED) is 0.817. The first-order valence-electron chi connectivity index (χ1n) is 8.48. The average Bonchev–Trinajstić information content (AvgIpc) is 2.68. The molecule has 26 heavy (non-hydrogen) atoms. The summed E-state index contributed by atoms with van der Waals surface area (Å²) in [7, 11) is 1.40. The molecule has 138 valence electrons. The maximum atomic E-state index is 12.5. The van der Waals surface area contributed by atoms with Crippen LogP contribution in [0.5, 0.6) is 5.75 Å². The highest BCUT2D eigenvalue weighted by Gasteiger charge is 2.28. The van der Waals surface area contributed by atoms with E-state index in [1.165, 1.54) is 19.4 Å². The monoisotopic (exact) mass is 358 g/mol. The number of benzene rings is 1. The van der Waals surface area contributed by atoms with E-state index in [1.54, 1.807) is 0 Å². The summed E-state index contributed by atoms with van der Waals surface area (Å²) in [4.78, 5) is 27.0. The van der Waals surface area contributed by atoms with Gasteiger partial charge in [-0.05, 0) is 12.0 Å². The third kappa shape index (κ3) is 4.50. The molecule has 7 nitrogen and oxygen atoms in total. The molecule has 0 spiro atoms. The fourth-order valence-electron chi connectivity index (χ4n) is 2.82. The smallest absolute Gasteiger partial charge is 0.268 e. The molecule has 1 amide bonds. The lowest BCUT2D eigenvalue weighted by molar-refractivity contribution is -0.0605. The van der Waals surface area contributed by atoms with Crippen molar-refractivity contribution >= 4 is 5.91 Å². The SMILES string of the molecule is COc1c[nH]c(C(=O)N[C@@H]2COCC[C@@H]2OCc2ccccc2)cc1=O. The molecule has 2 heterocycles. The van der Waals surface area contributed by atoms with Crippen LogP contribution in [0.4, 0.5) is 0 Å². The van der Waals surface area contributed by atoms with E-state index in [0.29, 0.717) is 26.2 Å². The van der Waals surface area contributed by atoms with Gasteiger partial charge in [-0.25, -0.2) is 0 Å². The van der Waals surface area contributed by atoms with Crippen LogP contribution in [0.3, 0.4) is 0 Å². The number of carbonyl (C=O) groups excluding carboxylic acids is 1. The van der Waals surface area contributed by atoms with Crippen molar-refractivity contribution in [3.05, 3.63) is 64.1 Å². The highest BCUT2D eigenvalue weighted by atomic mass is 16.5. The van der Waals surface area contributed by atoms with Crippen LogP contribution in [0, 0.1) is 0 Å². The molecule has 7 heteroatoms. The Labute approximate surface area is 151 Å². The maximum Gasteiger partial charge on any atom is 0.268 e. The Morgan fingerprint density at radius 2 is 2.15 bits per heavy atom. The van der Waals surface area contributed by atoms with E-state index in [4.69, 9.17) is 14.2 Å². The van der Waals surface area contributed by atoms with E-state index in [9.17, 15) is 9.59 Å². The highest BCUT2D eigenvalue weighted by Crippen LogP contribution is 2.15. The Hall–Kier alpha value is -2.64. The number of carbonyl (C=O) groups is 1. The van der Waals surface area contributed by atoms with Crippen molar-refractivity contribution in [2.45, 2.75) is 25.2 Å². The lowest BCUT2D eigenvalue weighted by Crippen LogP contribution is -2.50. The van der Waals surface area contributed by atoms with Crippen LogP contribution >= 0.6 is 0 Å². The summed E-state index contributed by atoms with van der Waals surface area (Å²) in [5.74, 6) is -0.222. The molecule has 1 aromatic heterocycles. The highest BCUT2D eigenvalue weighted by molar-refractivity contribution is 5.92. The summed E-state index contributed by atoms with van der Waals surface area (Å²) in [6.45, 7) is 1.42. The first-order chi connectivity index (χ1) is 12.7. The molecule has 1 aromatic carbocycles. The summed E-state index contributed by atoms with van der Waals surface area (Å²) < 4.78 is 16.4. The number of ether oxygens (including phenoxy) is 3. The number of H-pyrrole nitrogens is 1. The molecule has 3 rings (SSSR count). The molecular formula is C19H22N2O5. The van der Waals surface area contributed by atoms with Crippen LogP contribution in [0.15, 0.2) is 47.4 Å². The lowest BCUT2D eigenvalue weighted by Gasteiger charge is -2.32. The summed E-state index contributed by atoms with van der Waals surface area (Å²) in [6, 6.07) is 10.8. The van der Waals surface area contributed by atoms with Gasteiger partial charge in [0.15, 0.2) is 5.75 Å². The summed E-state index contributed by atoms with van der Waals surface area (Å²) in [5.41, 5.74) is 0.889. The minimum absolute atomic E-state index is 0.155. The molecule has 0 radical (unpaired) electrons. The van der Waals surface area contributed by atoms with Crippen LogP contribution in [-0.2, 0) is 16.1 Å². The van der Waals surface area contributed by atoms with Crippen molar-refractivity contribution < 1.29 is 19.0 Å². The summed E-state index contributed by atoms with van der Waals surface area (Å²) in [5, 5.41) is 2.89. The minimum atomic E-state index is -0.381. The molecule has 2 atom stereocenters. The fourth-order valence-corrected chi connectivity index (χ4v) is 2.82. The number of hydrogen-bond donors (Lipinski definition) is 2. The van der Waals surface area contributed by atoms with Gasteiger partial charge in [-0.2, -0.15) is 0 Å². The van der Waals surface area contributed by atoms with Gasteiger partial charge < -0.3 is 24.5 Å². The van der Waals surface area contributed by atoms with Crippen LogP contribution in [0.25, 0.3) is 0 Å². The molecule has 2 N–H and O–H groups in total. The normalized spacial score (nSPS) is 19.7. The van der Waals surface area contributed by atoms with Gasteiger partial charge in [-0.1, -0.05) is 30.3 Å². The fraction of sp³-hybridized carbons (Fsp3) is 0.368. The van der Waals surface area contributed by atoms with E-state index < -0.39 is 0 Å². The second kappa shape index (κ2) is 8.64. The number of rotatable bonds is 6. The van der Waals surface area contributed by atoms with E-state index in [0.717, 1.165) is 5.56 Å². The molecule has 1 fully saturated rings. The van der Waals surface area contributed by atoms with Gasteiger partial charge >= 0.3 is 0 Å². The molecule has 0 aliphatic carbocycles. The van der Waals surface area contributed by atoms with Crippen LogP contribution in [0.2, 0.25) is 0 Å². The van der Waals surface area contributed by atoms with Crippen LogP contribution < -0.4 is 15.5 Å². The van der Waals surface area contributed by atoms with Crippen LogP contribution in [0.1, 0.15) is 22.5 Å². The standard InChI is InChI=1S/C19H22N2O5/c1-24-18-10-20-14(9-16(18)22)19(23)21-15-12-25-8-7-17(15)26-11-13-5-3-2-4-6-13/h2-6,9-10,15,17H,7-8,11-12H2,1H3,(H,20,22)(H,21,23)/t15-,17+/m1/s1. The van der Waals surface area contributed by atoms with E-state index in [1.807, 2.05) is 30.3 Å². The number of aromatic nitrogens is 1. The zero-order valence-corrected chi connectivity index (χ0v) is 14.6. The van der Waals surface area contributed by atoms with Gasteiger partial charge in [0.25, 0.3) is 5.91 Å². The van der Waals surface area contributed by atoms with Gasteiger partial charge in [0.2, 0.25) is 5.43 Å². The van der Waals surface area contributed by atoms with Crippen LogP contribution in [-0.4, -0.2) is 43.4 Å². The number of methoxy groups -OCH3 is 1. The van der Waals surface area contributed by atoms with Gasteiger partial charge in [0.1, 0.15) is 5.69 Å².